The van der Waals surface area contributed by atoms with Crippen LogP contribution in [0.5, 0.6) is 0 Å². The fourth-order valence-corrected chi connectivity index (χ4v) is 4.30. The lowest BCUT2D eigenvalue weighted by Gasteiger charge is -2.16. The van der Waals surface area contributed by atoms with Crippen LogP contribution in [0.15, 0.2) is 60.0 Å². The Hall–Kier alpha value is -3.23. The predicted octanol–water partition coefficient (Wildman–Crippen LogP) is 7.28. The van der Waals surface area contributed by atoms with Crippen LogP contribution in [-0.2, 0) is 0 Å². The first-order valence-electron chi connectivity index (χ1n) is 12.2. The fraction of sp³-hybridized carbons (Fsp3) is 0.321. The molecule has 0 atom stereocenters. The van der Waals surface area contributed by atoms with Gasteiger partial charge in [0.25, 0.3) is 0 Å². The van der Waals surface area contributed by atoms with Crippen LogP contribution < -0.4 is 4.72 Å². The Balaban J connectivity index is 0.00000176. The Labute approximate surface area is 217 Å². The van der Waals surface area contributed by atoms with Crippen molar-refractivity contribution in [2.24, 2.45) is 10.9 Å². The fourth-order valence-electron chi connectivity index (χ4n) is 3.60. The normalized spacial score (nSPS) is 13.7. The molecule has 0 aliphatic heterocycles. The van der Waals surface area contributed by atoms with Gasteiger partial charge in [0.05, 0.1) is 11.3 Å². The minimum Gasteiger partial charge on any atom is -0.345 e. The molecule has 1 fully saturated rings. The first-order chi connectivity index (χ1) is 17.4. The third kappa shape index (κ3) is 6.71. The summed E-state index contributed by atoms with van der Waals surface area (Å²) in [7, 11) is 1.97. The number of rotatable bonds is 10. The van der Waals surface area contributed by atoms with Crippen molar-refractivity contribution in [3.63, 3.8) is 0 Å². The number of H-pyrrole nitrogens is 1. The van der Waals surface area contributed by atoms with Crippen LogP contribution in [0.4, 0.5) is 10.1 Å². The summed E-state index contributed by atoms with van der Waals surface area (Å²) in [5.74, 6) is -0.242. The molecule has 1 aliphatic carbocycles. The van der Waals surface area contributed by atoms with Gasteiger partial charge in [-0.3, -0.25) is 9.79 Å². The SMILES string of the molecule is C=C(C)N=C/C(=C\C)c1cnc2[nH]cc(C(=O)c3cccc(NSN(C)CC4CC4)c3F)c2c1.CC. The minimum atomic E-state index is -0.568. The molecular formula is C28H34FN5OS. The maximum absolute atomic E-state index is 15.3. The summed E-state index contributed by atoms with van der Waals surface area (Å²) in [4.78, 5) is 25.1. The predicted molar refractivity (Wildman–Crippen MR) is 151 cm³/mol. The van der Waals surface area contributed by atoms with E-state index < -0.39 is 11.6 Å². The summed E-state index contributed by atoms with van der Waals surface area (Å²) in [6.07, 6.45) is 9.43. The van der Waals surface area contributed by atoms with Gasteiger partial charge < -0.3 is 9.71 Å². The van der Waals surface area contributed by atoms with E-state index in [0.717, 1.165) is 23.6 Å². The number of halogens is 1. The van der Waals surface area contributed by atoms with E-state index in [9.17, 15) is 4.79 Å². The Morgan fingerprint density at radius 1 is 1.36 bits per heavy atom. The van der Waals surface area contributed by atoms with Crippen molar-refractivity contribution in [2.45, 2.75) is 40.5 Å². The molecule has 6 nitrogen and oxygen atoms in total. The molecule has 0 saturated heterocycles. The Kier molecular flexibility index (Phi) is 9.61. The Bertz CT molecular complexity index is 1290. The molecule has 0 unspecified atom stereocenters. The van der Waals surface area contributed by atoms with E-state index in [-0.39, 0.29) is 11.3 Å². The molecule has 0 amide bonds. The molecule has 1 aromatic carbocycles. The van der Waals surface area contributed by atoms with Crippen molar-refractivity contribution in [1.29, 1.82) is 0 Å². The van der Waals surface area contributed by atoms with Gasteiger partial charge in [0.2, 0.25) is 0 Å². The number of carbonyl (C=O) groups is 1. The molecule has 0 bridgehead atoms. The van der Waals surface area contributed by atoms with E-state index in [1.165, 1.54) is 31.0 Å². The minimum absolute atomic E-state index is 0.0110. The molecule has 190 valence electrons. The maximum atomic E-state index is 15.3. The van der Waals surface area contributed by atoms with Gasteiger partial charge in [0, 0.05) is 59.5 Å². The van der Waals surface area contributed by atoms with Gasteiger partial charge in [0.15, 0.2) is 11.6 Å². The van der Waals surface area contributed by atoms with Gasteiger partial charge in [-0.2, -0.15) is 0 Å². The molecule has 2 N–H and O–H groups in total. The van der Waals surface area contributed by atoms with Crippen molar-refractivity contribution < 1.29 is 9.18 Å². The number of nitrogens with one attached hydrogen (secondary N) is 2. The molecule has 1 saturated carbocycles. The van der Waals surface area contributed by atoms with E-state index >= 15 is 4.39 Å². The van der Waals surface area contributed by atoms with Crippen LogP contribution in [-0.4, -0.2) is 39.9 Å². The van der Waals surface area contributed by atoms with Gasteiger partial charge in [-0.1, -0.05) is 32.6 Å². The zero-order chi connectivity index (χ0) is 26.2. The first-order valence-corrected chi connectivity index (χ1v) is 13.0. The number of aliphatic imine (C=N–C) groups is 1. The number of fused-ring (bicyclic) bond motifs is 1. The molecule has 2 heterocycles. The maximum Gasteiger partial charge on any atom is 0.198 e. The highest BCUT2D eigenvalue weighted by Gasteiger charge is 2.24. The van der Waals surface area contributed by atoms with E-state index in [1.807, 2.05) is 46.9 Å². The molecule has 0 radical (unpaired) electrons. The average molecular weight is 508 g/mol. The molecule has 1 aliphatic rings. The van der Waals surface area contributed by atoms with Crippen molar-refractivity contribution in [1.82, 2.24) is 14.3 Å². The van der Waals surface area contributed by atoms with E-state index in [4.69, 9.17) is 0 Å². The number of nitrogens with zero attached hydrogens (tertiary/aromatic N) is 3. The quantitative estimate of drug-likeness (QED) is 0.171. The topological polar surface area (TPSA) is 73.4 Å². The van der Waals surface area contributed by atoms with E-state index in [2.05, 4.69) is 30.6 Å². The number of benzene rings is 1. The van der Waals surface area contributed by atoms with Crippen molar-refractivity contribution in [2.75, 3.05) is 18.3 Å². The second-order valence-corrected chi connectivity index (χ2v) is 9.51. The monoisotopic (exact) mass is 507 g/mol. The zero-order valence-electron chi connectivity index (χ0n) is 21.6. The number of allylic oxidation sites excluding steroid dienone is 3. The lowest BCUT2D eigenvalue weighted by Crippen LogP contribution is -2.15. The van der Waals surface area contributed by atoms with Crippen LogP contribution in [0.1, 0.15) is 62.0 Å². The third-order valence-electron chi connectivity index (χ3n) is 5.61. The Morgan fingerprint density at radius 3 is 2.78 bits per heavy atom. The van der Waals surface area contributed by atoms with Crippen LogP contribution >= 0.6 is 12.1 Å². The van der Waals surface area contributed by atoms with Gasteiger partial charge in [-0.25, -0.2) is 13.7 Å². The largest absolute Gasteiger partial charge is 0.345 e. The Morgan fingerprint density at radius 2 is 2.11 bits per heavy atom. The van der Waals surface area contributed by atoms with Crippen LogP contribution in [0.2, 0.25) is 0 Å². The highest BCUT2D eigenvalue weighted by atomic mass is 32.2. The number of anilines is 1. The molecule has 8 heteroatoms. The second-order valence-electron chi connectivity index (χ2n) is 8.50. The third-order valence-corrected chi connectivity index (χ3v) is 6.38. The number of carbonyl (C=O) groups excluding carboxylic acids is 1. The number of hydrogen-bond donors (Lipinski definition) is 2. The number of ketones is 1. The summed E-state index contributed by atoms with van der Waals surface area (Å²) in [5, 5.41) is 0.627. The highest BCUT2D eigenvalue weighted by molar-refractivity contribution is 7.98. The molecule has 4 rings (SSSR count). The number of hydrogen-bond acceptors (Lipinski definition) is 6. The van der Waals surface area contributed by atoms with Crippen LogP contribution in [0.3, 0.4) is 0 Å². The molecule has 0 spiro atoms. The van der Waals surface area contributed by atoms with Crippen LogP contribution in [0, 0.1) is 11.7 Å². The number of aromatic amines is 1. The summed E-state index contributed by atoms with van der Waals surface area (Å²) in [6.45, 7) is 12.5. The van der Waals surface area contributed by atoms with Gasteiger partial charge in [-0.05, 0) is 63.4 Å². The zero-order valence-corrected chi connectivity index (χ0v) is 22.4. The summed E-state index contributed by atoms with van der Waals surface area (Å²) in [6, 6.07) is 6.70. The molecule has 2 aromatic heterocycles. The van der Waals surface area contributed by atoms with Crippen LogP contribution in [0.25, 0.3) is 16.6 Å². The van der Waals surface area contributed by atoms with E-state index in [1.54, 1.807) is 30.7 Å². The summed E-state index contributed by atoms with van der Waals surface area (Å²) < 4.78 is 20.4. The molecule has 36 heavy (non-hydrogen) atoms. The standard InChI is InChI=1S/C26H28FN5OS.C2H6/c1-5-18(12-28-16(2)3)19-11-21-22(14-30-26(21)29-13-19)25(33)20-7-6-8-23(24(20)27)31-34-32(4)15-17-9-10-17;1-2/h5-8,11-14,17,31H,2,9-10,15H2,1,3-4H3,(H,29,30);1-2H3/b18-5+,28-12?;. The average Bonchev–Trinajstić information content (AvgIpc) is 3.59. The van der Waals surface area contributed by atoms with Gasteiger partial charge in [-0.15, -0.1) is 0 Å². The summed E-state index contributed by atoms with van der Waals surface area (Å²) >= 11 is 1.34. The summed E-state index contributed by atoms with van der Waals surface area (Å²) in [5.41, 5.74) is 3.56. The van der Waals surface area contributed by atoms with Gasteiger partial charge in [0.1, 0.15) is 5.65 Å². The first kappa shape index (κ1) is 27.4. The van der Waals surface area contributed by atoms with E-state index in [0.29, 0.717) is 22.3 Å². The smallest absolute Gasteiger partial charge is 0.198 e. The lowest BCUT2D eigenvalue weighted by atomic mass is 10.0. The lowest BCUT2D eigenvalue weighted by molar-refractivity contribution is 0.103. The van der Waals surface area contributed by atoms with Crippen molar-refractivity contribution in [3.8, 4) is 0 Å². The van der Waals surface area contributed by atoms with Gasteiger partial charge >= 0.3 is 0 Å². The van der Waals surface area contributed by atoms with Crippen molar-refractivity contribution in [3.05, 3.63) is 77.5 Å². The number of aromatic nitrogens is 2. The molecular weight excluding hydrogens is 473 g/mol. The van der Waals surface area contributed by atoms with Crippen molar-refractivity contribution >= 4 is 46.4 Å². The molecule has 3 aromatic rings. The second kappa shape index (κ2) is 12.6. The number of pyridine rings is 1. The highest BCUT2D eigenvalue weighted by Crippen LogP contribution is 2.32.